The molecule has 0 aliphatic heterocycles. The number of carbonyl (C=O) groups is 1. The maximum absolute atomic E-state index is 11.7. The van der Waals surface area contributed by atoms with E-state index in [9.17, 15) is 4.79 Å². The van der Waals surface area contributed by atoms with Gasteiger partial charge >= 0.3 is 0 Å². The number of nitrogens with zero attached hydrogens (tertiary/aromatic N) is 2. The molecule has 182 valence electrons. The summed E-state index contributed by atoms with van der Waals surface area (Å²) in [4.78, 5) is 21.7. The van der Waals surface area contributed by atoms with Crippen LogP contribution < -0.4 is 10.1 Å². The Bertz CT molecular complexity index is 1290. The number of H-pyrrole nitrogens is 1. The largest absolute Gasteiger partial charge is 0.492 e. The van der Waals surface area contributed by atoms with Crippen LogP contribution in [0.5, 0.6) is 5.75 Å². The molecule has 0 fully saturated rings. The van der Waals surface area contributed by atoms with Crippen LogP contribution in [-0.4, -0.2) is 54.6 Å². The summed E-state index contributed by atoms with van der Waals surface area (Å²) in [5, 5.41) is 4.18. The lowest BCUT2D eigenvalue weighted by atomic mass is 9.97. The topological polar surface area (TPSA) is 70.2 Å². The zero-order valence-corrected chi connectivity index (χ0v) is 21.2. The molecule has 3 aromatic rings. The van der Waals surface area contributed by atoms with Crippen molar-refractivity contribution < 1.29 is 9.53 Å². The van der Waals surface area contributed by atoms with Gasteiger partial charge in [0, 0.05) is 35.8 Å². The number of nitrogens with one attached hydrogen (secondary N) is 2. The molecule has 2 N–H and O–H groups in total. The monoisotopic (exact) mass is 490 g/mol. The highest BCUT2D eigenvalue weighted by atomic mass is 35.5. The molecule has 0 spiro atoms. The van der Waals surface area contributed by atoms with Crippen molar-refractivity contribution in [2.24, 2.45) is 0 Å². The van der Waals surface area contributed by atoms with E-state index < -0.39 is 0 Å². The number of hydrogen-bond donors (Lipinski definition) is 2. The molecule has 0 bridgehead atoms. The third-order valence-corrected chi connectivity index (χ3v) is 5.51. The van der Waals surface area contributed by atoms with Gasteiger partial charge in [-0.05, 0) is 50.9 Å². The van der Waals surface area contributed by atoms with Crippen LogP contribution in [0.1, 0.15) is 12.5 Å². The van der Waals surface area contributed by atoms with Crippen molar-refractivity contribution in [2.45, 2.75) is 6.92 Å². The van der Waals surface area contributed by atoms with Crippen LogP contribution in [0, 0.1) is 0 Å². The van der Waals surface area contributed by atoms with Gasteiger partial charge in [0.1, 0.15) is 18.0 Å². The van der Waals surface area contributed by atoms with E-state index in [4.69, 9.17) is 16.3 Å². The predicted octanol–water partition coefficient (Wildman–Crippen LogP) is 5.64. The van der Waals surface area contributed by atoms with Gasteiger partial charge in [0.05, 0.1) is 10.7 Å². The maximum atomic E-state index is 11.7. The highest BCUT2D eigenvalue weighted by molar-refractivity contribution is 6.36. The Balaban J connectivity index is 2.15. The molecule has 0 saturated heterocycles. The molecule has 3 rings (SSSR count). The smallest absolute Gasteiger partial charge is 0.243 e. The molecule has 7 heteroatoms. The van der Waals surface area contributed by atoms with Crippen molar-refractivity contribution in [3.05, 3.63) is 90.1 Å². The summed E-state index contributed by atoms with van der Waals surface area (Å²) in [5.74, 6) is 0.528. The number of hydrogen-bond acceptors (Lipinski definition) is 4. The van der Waals surface area contributed by atoms with E-state index in [2.05, 4.69) is 33.3 Å². The molecule has 2 aromatic heterocycles. The first-order chi connectivity index (χ1) is 16.8. The third-order valence-electron chi connectivity index (χ3n) is 5.19. The number of aromatic amines is 1. The molecule has 6 nitrogen and oxygen atoms in total. The molecule has 1 aromatic carbocycles. The lowest BCUT2D eigenvalue weighted by molar-refractivity contribution is -0.116. The number of benzene rings is 1. The Kier molecular flexibility index (Phi) is 9.06. The van der Waals surface area contributed by atoms with E-state index >= 15 is 0 Å². The summed E-state index contributed by atoms with van der Waals surface area (Å²) in [6, 6.07) is 9.68. The molecule has 1 amide bonds. The van der Waals surface area contributed by atoms with E-state index in [-0.39, 0.29) is 5.91 Å². The van der Waals surface area contributed by atoms with Crippen LogP contribution in [0.3, 0.4) is 0 Å². The number of halogens is 1. The molecule has 0 aliphatic rings. The average molecular weight is 491 g/mol. The summed E-state index contributed by atoms with van der Waals surface area (Å²) in [6.07, 6.45) is 8.75. The standard InChI is InChI=1S/C28H31ClN4O2/c1-6-24(34)30-14-12-20(11-10-19(2)3)25-26-23(29)13-15-31-28(26)32-27(25)21-8-7-9-22(18-21)35-17-16-33(4)5/h6-13,15,18H,1-2,14,16-17H2,3-5H3,(H,30,34)(H,31,32)/b11-10-,20-12+. The Morgan fingerprint density at radius 2 is 2.09 bits per heavy atom. The zero-order chi connectivity index (χ0) is 25.4. The molecule has 35 heavy (non-hydrogen) atoms. The lowest BCUT2D eigenvalue weighted by Crippen LogP contribution is -2.20. The van der Waals surface area contributed by atoms with Crippen molar-refractivity contribution in [1.29, 1.82) is 0 Å². The van der Waals surface area contributed by atoms with E-state index in [0.717, 1.165) is 45.6 Å². The Morgan fingerprint density at radius 1 is 1.29 bits per heavy atom. The first-order valence-corrected chi connectivity index (χ1v) is 11.7. The maximum Gasteiger partial charge on any atom is 0.243 e. The van der Waals surface area contributed by atoms with Gasteiger partial charge in [-0.2, -0.15) is 0 Å². The number of likely N-dealkylation sites (N-methyl/N-ethyl adjacent to an activating group) is 1. The van der Waals surface area contributed by atoms with Crippen LogP contribution in [-0.2, 0) is 4.79 Å². The fraction of sp³-hybridized carbons (Fsp3) is 0.214. The summed E-state index contributed by atoms with van der Waals surface area (Å²) in [5.41, 5.74) is 5.10. The van der Waals surface area contributed by atoms with Gasteiger partial charge in [0.2, 0.25) is 5.91 Å². The van der Waals surface area contributed by atoms with Gasteiger partial charge in [-0.3, -0.25) is 4.79 Å². The summed E-state index contributed by atoms with van der Waals surface area (Å²) in [7, 11) is 4.02. The van der Waals surface area contributed by atoms with Crippen molar-refractivity contribution in [2.75, 3.05) is 33.8 Å². The number of ether oxygens (including phenoxy) is 1. The highest BCUT2D eigenvalue weighted by Crippen LogP contribution is 2.39. The molecular formula is C28H31ClN4O2. The van der Waals surface area contributed by atoms with Crippen molar-refractivity contribution >= 4 is 34.1 Å². The number of rotatable bonds is 11. The number of allylic oxidation sites excluding steroid dienone is 4. The second kappa shape index (κ2) is 12.2. The number of aromatic nitrogens is 2. The summed E-state index contributed by atoms with van der Waals surface area (Å²) in [6.45, 7) is 11.1. The Hall–Kier alpha value is -3.61. The van der Waals surface area contributed by atoms with Crippen LogP contribution in [0.15, 0.2) is 79.6 Å². The van der Waals surface area contributed by atoms with E-state index in [0.29, 0.717) is 23.8 Å². The van der Waals surface area contributed by atoms with Crippen molar-refractivity contribution in [3.8, 4) is 17.0 Å². The molecule has 0 unspecified atom stereocenters. The first kappa shape index (κ1) is 26.0. The van der Waals surface area contributed by atoms with Gasteiger partial charge in [-0.15, -0.1) is 0 Å². The second-order valence-electron chi connectivity index (χ2n) is 8.36. The van der Waals surface area contributed by atoms with Gasteiger partial charge in [0.25, 0.3) is 0 Å². The summed E-state index contributed by atoms with van der Waals surface area (Å²) >= 11 is 6.66. The van der Waals surface area contributed by atoms with Crippen LogP contribution in [0.25, 0.3) is 27.9 Å². The van der Waals surface area contributed by atoms with Gasteiger partial charge in [-0.1, -0.05) is 60.7 Å². The van der Waals surface area contributed by atoms with Gasteiger partial charge in [-0.25, -0.2) is 4.98 Å². The fourth-order valence-corrected chi connectivity index (χ4v) is 3.73. The second-order valence-corrected chi connectivity index (χ2v) is 8.77. The number of amides is 1. The molecule has 0 radical (unpaired) electrons. The minimum Gasteiger partial charge on any atom is -0.492 e. The number of carbonyl (C=O) groups excluding carboxylic acids is 1. The average Bonchev–Trinajstić information content (AvgIpc) is 3.22. The normalized spacial score (nSPS) is 11.9. The molecule has 0 saturated carbocycles. The van der Waals surface area contributed by atoms with E-state index in [1.807, 2.05) is 63.5 Å². The van der Waals surface area contributed by atoms with Gasteiger partial charge in [0.15, 0.2) is 0 Å². The minimum atomic E-state index is -0.245. The predicted molar refractivity (Wildman–Crippen MR) is 146 cm³/mol. The Morgan fingerprint density at radius 3 is 2.80 bits per heavy atom. The minimum absolute atomic E-state index is 0.245. The van der Waals surface area contributed by atoms with E-state index in [1.165, 1.54) is 6.08 Å². The molecule has 0 aliphatic carbocycles. The number of fused-ring (bicyclic) bond motifs is 1. The van der Waals surface area contributed by atoms with E-state index in [1.54, 1.807) is 12.3 Å². The summed E-state index contributed by atoms with van der Waals surface area (Å²) < 4.78 is 5.97. The lowest BCUT2D eigenvalue weighted by Gasteiger charge is -2.12. The van der Waals surface area contributed by atoms with Gasteiger partial charge < -0.3 is 19.9 Å². The highest BCUT2D eigenvalue weighted by Gasteiger charge is 2.19. The quantitative estimate of drug-likeness (QED) is 0.269. The molecule has 0 atom stereocenters. The number of pyridine rings is 1. The molecular weight excluding hydrogens is 460 g/mol. The SMILES string of the molecule is C=CC(=O)NC/C=C(\C=C/C(=C)C)c1c(-c2cccc(OCCN(C)C)c2)[nH]c2nccc(Cl)c12. The fourth-order valence-electron chi connectivity index (χ4n) is 3.49. The van der Waals surface area contributed by atoms with Crippen LogP contribution in [0.4, 0.5) is 0 Å². The van der Waals surface area contributed by atoms with Crippen LogP contribution in [0.2, 0.25) is 5.02 Å². The van der Waals surface area contributed by atoms with Crippen LogP contribution >= 0.6 is 11.6 Å². The van der Waals surface area contributed by atoms with Crippen molar-refractivity contribution in [3.63, 3.8) is 0 Å². The molecule has 2 heterocycles. The Labute approximate surface area is 211 Å². The van der Waals surface area contributed by atoms with Crippen molar-refractivity contribution in [1.82, 2.24) is 20.2 Å². The zero-order valence-electron chi connectivity index (χ0n) is 20.4. The first-order valence-electron chi connectivity index (χ1n) is 11.3. The third kappa shape index (κ3) is 6.94.